The van der Waals surface area contributed by atoms with Crippen LogP contribution in [0.3, 0.4) is 0 Å². The molecule has 4 aromatic carbocycles. The molecular weight excluding hydrogens is 703 g/mol. The van der Waals surface area contributed by atoms with Gasteiger partial charge < -0.3 is 18.9 Å². The summed E-state index contributed by atoms with van der Waals surface area (Å²) in [5.41, 5.74) is 3.71. The van der Waals surface area contributed by atoms with Gasteiger partial charge in [-0.25, -0.2) is 9.97 Å². The number of rotatable bonds is 12. The summed E-state index contributed by atoms with van der Waals surface area (Å²) >= 11 is 0. The largest absolute Gasteiger partial charge is 0.457 e. The number of pyridine rings is 2. The van der Waals surface area contributed by atoms with Gasteiger partial charge in [0.2, 0.25) is 11.8 Å². The number of hydrogen-bond acceptors (Lipinski definition) is 10. The van der Waals surface area contributed by atoms with E-state index in [4.69, 9.17) is 18.9 Å². The van der Waals surface area contributed by atoms with Crippen LogP contribution in [0.1, 0.15) is 76.2 Å². The Morgan fingerprint density at radius 1 is 0.446 bits per heavy atom. The summed E-state index contributed by atoms with van der Waals surface area (Å²) in [5.74, 6) is 6.22. The molecule has 0 bridgehead atoms. The highest BCUT2D eigenvalue weighted by molar-refractivity contribution is 6.09. The maximum atomic E-state index is 6.66. The Kier molecular flexibility index (Phi) is 9.97. The Balaban J connectivity index is 1.21. The maximum absolute atomic E-state index is 6.66. The molecule has 0 amide bonds. The molecule has 4 heterocycles. The van der Waals surface area contributed by atoms with Gasteiger partial charge in [0.05, 0.1) is 11.0 Å². The number of benzene rings is 4. The molecule has 0 aliphatic carbocycles. The molecule has 0 unspecified atom stereocenters. The molecular formula is C45H41N7O4. The standard InChI is InChI=1S/C45H41N7O4/c1-27(2)34-17-13-32(55-42-11-7-9-21-46-42)25-40(34)53-30-15-19-36-37-20-16-31(24-39(37)52(38(36)23-30)45-50-48-44(29(5)6)49-51-45)54-41-26-33(14-18-35(41)28(3)4)56-43-12-8-10-22-47-43/h7-29H,1-6H3. The summed E-state index contributed by atoms with van der Waals surface area (Å²) in [7, 11) is 0. The highest BCUT2D eigenvalue weighted by Crippen LogP contribution is 2.41. The quantitative estimate of drug-likeness (QED) is 0.120. The van der Waals surface area contributed by atoms with Gasteiger partial charge in [-0.1, -0.05) is 65.8 Å². The summed E-state index contributed by atoms with van der Waals surface area (Å²) < 4.78 is 27.4. The molecule has 8 aromatic rings. The second kappa shape index (κ2) is 15.5. The first-order valence-electron chi connectivity index (χ1n) is 18.7. The summed E-state index contributed by atoms with van der Waals surface area (Å²) in [6, 6.07) is 34.8. The average molecular weight is 744 g/mol. The van der Waals surface area contributed by atoms with Crippen LogP contribution in [-0.2, 0) is 0 Å². The molecule has 56 heavy (non-hydrogen) atoms. The van der Waals surface area contributed by atoms with Crippen LogP contribution in [0.2, 0.25) is 0 Å². The lowest BCUT2D eigenvalue weighted by Crippen LogP contribution is -2.09. The minimum Gasteiger partial charge on any atom is -0.457 e. The van der Waals surface area contributed by atoms with Crippen LogP contribution in [0, 0.1) is 0 Å². The molecule has 0 spiro atoms. The first kappa shape index (κ1) is 36.1. The Morgan fingerprint density at radius 2 is 0.893 bits per heavy atom. The van der Waals surface area contributed by atoms with E-state index in [-0.39, 0.29) is 17.8 Å². The van der Waals surface area contributed by atoms with E-state index >= 15 is 0 Å². The lowest BCUT2D eigenvalue weighted by molar-refractivity contribution is 0.444. The predicted molar refractivity (Wildman–Crippen MR) is 216 cm³/mol. The van der Waals surface area contributed by atoms with E-state index in [1.807, 2.05) is 128 Å². The van der Waals surface area contributed by atoms with Crippen LogP contribution in [0.4, 0.5) is 0 Å². The van der Waals surface area contributed by atoms with Gasteiger partial charge in [0, 0.05) is 65.5 Å². The zero-order valence-electron chi connectivity index (χ0n) is 32.0. The molecule has 0 saturated heterocycles. The van der Waals surface area contributed by atoms with Gasteiger partial charge in [-0.3, -0.25) is 4.57 Å². The molecule has 280 valence electrons. The second-order valence-corrected chi connectivity index (χ2v) is 14.4. The van der Waals surface area contributed by atoms with Crippen molar-refractivity contribution < 1.29 is 18.9 Å². The number of ether oxygens (including phenoxy) is 4. The Morgan fingerprint density at radius 3 is 1.30 bits per heavy atom. The Hall–Kier alpha value is -6.88. The van der Waals surface area contributed by atoms with E-state index in [9.17, 15) is 0 Å². The molecule has 0 radical (unpaired) electrons. The fourth-order valence-electron chi connectivity index (χ4n) is 6.47. The second-order valence-electron chi connectivity index (χ2n) is 14.4. The normalized spacial score (nSPS) is 11.5. The summed E-state index contributed by atoms with van der Waals surface area (Å²) in [5, 5.41) is 19.9. The lowest BCUT2D eigenvalue weighted by atomic mass is 10.0. The van der Waals surface area contributed by atoms with Crippen LogP contribution in [0.25, 0.3) is 27.8 Å². The predicted octanol–water partition coefficient (Wildman–Crippen LogP) is 11.7. The van der Waals surface area contributed by atoms with E-state index in [2.05, 4.69) is 58.1 Å². The molecule has 11 heteroatoms. The van der Waals surface area contributed by atoms with E-state index in [0.29, 0.717) is 58.0 Å². The van der Waals surface area contributed by atoms with E-state index < -0.39 is 0 Å². The van der Waals surface area contributed by atoms with Crippen molar-refractivity contribution in [2.45, 2.75) is 59.3 Å². The molecule has 0 saturated carbocycles. The first-order chi connectivity index (χ1) is 27.2. The van der Waals surface area contributed by atoms with Gasteiger partial charge in [0.1, 0.15) is 34.5 Å². The minimum atomic E-state index is 0.0716. The van der Waals surface area contributed by atoms with Gasteiger partial charge in [0.25, 0.3) is 5.95 Å². The molecule has 11 nitrogen and oxygen atoms in total. The zero-order chi connectivity index (χ0) is 38.8. The van der Waals surface area contributed by atoms with Crippen molar-refractivity contribution in [3.63, 3.8) is 0 Å². The van der Waals surface area contributed by atoms with Crippen LogP contribution < -0.4 is 18.9 Å². The van der Waals surface area contributed by atoms with E-state index in [1.165, 1.54) is 0 Å². The maximum Gasteiger partial charge on any atom is 0.273 e. The van der Waals surface area contributed by atoms with Gasteiger partial charge in [-0.15, -0.1) is 20.4 Å². The van der Waals surface area contributed by atoms with Crippen molar-refractivity contribution >= 4 is 21.8 Å². The van der Waals surface area contributed by atoms with Gasteiger partial charge >= 0.3 is 0 Å². The summed E-state index contributed by atoms with van der Waals surface area (Å²) in [6.07, 6.45) is 3.40. The van der Waals surface area contributed by atoms with Gasteiger partial charge in [-0.05, 0) is 71.5 Å². The topological polar surface area (TPSA) is 119 Å². The highest BCUT2D eigenvalue weighted by atomic mass is 16.5. The van der Waals surface area contributed by atoms with Crippen molar-refractivity contribution in [1.82, 2.24) is 34.9 Å². The van der Waals surface area contributed by atoms with Crippen molar-refractivity contribution in [3.8, 4) is 52.2 Å². The van der Waals surface area contributed by atoms with Crippen molar-refractivity contribution in [1.29, 1.82) is 0 Å². The first-order valence-corrected chi connectivity index (χ1v) is 18.7. The SMILES string of the molecule is CC(C)c1nnc(-n2c3cc(Oc4cc(Oc5ccccn5)ccc4C(C)C)ccc3c3ccc(Oc4cc(Oc5ccccn5)ccc4C(C)C)cc32)nn1. The van der Waals surface area contributed by atoms with Gasteiger partial charge in [-0.2, -0.15) is 0 Å². The molecule has 0 aliphatic rings. The van der Waals surface area contributed by atoms with Crippen molar-refractivity contribution in [2.24, 2.45) is 0 Å². The average Bonchev–Trinajstić information content (AvgIpc) is 3.51. The van der Waals surface area contributed by atoms with Crippen LogP contribution in [0.15, 0.2) is 122 Å². The third kappa shape index (κ3) is 7.56. The van der Waals surface area contributed by atoms with Crippen LogP contribution in [0.5, 0.6) is 46.3 Å². The lowest BCUT2D eigenvalue weighted by Gasteiger charge is -2.16. The summed E-state index contributed by atoms with van der Waals surface area (Å²) in [6.45, 7) is 12.6. The van der Waals surface area contributed by atoms with Crippen LogP contribution in [-0.4, -0.2) is 34.9 Å². The monoisotopic (exact) mass is 743 g/mol. The number of aromatic nitrogens is 7. The zero-order valence-corrected chi connectivity index (χ0v) is 32.0. The minimum absolute atomic E-state index is 0.0716. The summed E-state index contributed by atoms with van der Waals surface area (Å²) in [4.78, 5) is 8.62. The van der Waals surface area contributed by atoms with E-state index in [0.717, 1.165) is 32.9 Å². The molecule has 8 rings (SSSR count). The fraction of sp³-hybridized carbons (Fsp3) is 0.200. The third-order valence-corrected chi connectivity index (χ3v) is 9.30. The Bertz CT molecular complexity index is 2470. The molecule has 0 atom stereocenters. The molecule has 0 fully saturated rings. The molecule has 4 aromatic heterocycles. The Labute approximate surface area is 324 Å². The fourth-order valence-corrected chi connectivity index (χ4v) is 6.47. The smallest absolute Gasteiger partial charge is 0.273 e. The van der Waals surface area contributed by atoms with Gasteiger partial charge in [0.15, 0.2) is 5.82 Å². The molecule has 0 aliphatic heterocycles. The van der Waals surface area contributed by atoms with Crippen molar-refractivity contribution in [2.75, 3.05) is 0 Å². The number of fused-ring (bicyclic) bond motifs is 3. The third-order valence-electron chi connectivity index (χ3n) is 9.30. The highest BCUT2D eigenvalue weighted by Gasteiger charge is 2.20. The number of hydrogen-bond donors (Lipinski definition) is 0. The van der Waals surface area contributed by atoms with E-state index in [1.54, 1.807) is 12.4 Å². The van der Waals surface area contributed by atoms with Crippen LogP contribution >= 0.6 is 0 Å². The molecule has 0 N–H and O–H groups in total. The van der Waals surface area contributed by atoms with Crippen molar-refractivity contribution in [3.05, 3.63) is 139 Å². The number of nitrogens with zero attached hydrogens (tertiary/aromatic N) is 7.